The van der Waals surface area contributed by atoms with Gasteiger partial charge in [-0.3, -0.25) is 4.79 Å². The Morgan fingerprint density at radius 1 is 1.45 bits per heavy atom. The Morgan fingerprint density at radius 3 is 2.90 bits per heavy atom. The van der Waals surface area contributed by atoms with Crippen LogP contribution in [0.4, 0.5) is 0 Å². The Kier molecular flexibility index (Phi) is 2.97. The molecule has 0 fully saturated rings. The molecular weight excluding hydrogens is 258 g/mol. The zero-order valence-electron chi connectivity index (χ0n) is 11.4. The minimum atomic E-state index is -0.445. The van der Waals surface area contributed by atoms with E-state index in [1.54, 1.807) is 13.2 Å². The van der Waals surface area contributed by atoms with Crippen LogP contribution in [-0.4, -0.2) is 23.8 Å². The number of carbonyl (C=O) groups is 2. The first-order valence-corrected chi connectivity index (χ1v) is 6.48. The molecule has 5 nitrogen and oxygen atoms in total. The number of hydrogen-bond acceptors (Lipinski definition) is 4. The van der Waals surface area contributed by atoms with Gasteiger partial charge in [0.15, 0.2) is 5.78 Å². The number of aromatic amines is 1. The summed E-state index contributed by atoms with van der Waals surface area (Å²) in [5.41, 5.74) is 2.47. The third-order valence-corrected chi connectivity index (χ3v) is 3.82. The van der Waals surface area contributed by atoms with E-state index >= 15 is 0 Å². The summed E-state index contributed by atoms with van der Waals surface area (Å²) in [4.78, 5) is 27.0. The minimum Gasteiger partial charge on any atom is -0.469 e. The number of H-pyrrole nitrogens is 1. The number of methoxy groups -OCH3 is 1. The molecule has 1 aliphatic rings. The topological polar surface area (TPSA) is 72.3 Å². The van der Waals surface area contributed by atoms with Gasteiger partial charge in [0.05, 0.1) is 13.4 Å². The molecule has 0 spiro atoms. The van der Waals surface area contributed by atoms with Gasteiger partial charge in [-0.25, -0.2) is 4.79 Å². The number of hydrogen-bond donors (Lipinski definition) is 1. The predicted molar refractivity (Wildman–Crippen MR) is 71.0 cm³/mol. The zero-order valence-corrected chi connectivity index (χ0v) is 11.4. The Hall–Kier alpha value is -2.30. The van der Waals surface area contributed by atoms with Gasteiger partial charge in [-0.2, -0.15) is 0 Å². The first-order valence-electron chi connectivity index (χ1n) is 6.48. The second-order valence-electron chi connectivity index (χ2n) is 5.01. The number of ether oxygens (including phenoxy) is 1. The lowest BCUT2D eigenvalue weighted by Crippen LogP contribution is -2.18. The van der Waals surface area contributed by atoms with E-state index in [2.05, 4.69) is 4.98 Å². The number of carbonyl (C=O) groups excluding carboxylic acids is 2. The van der Waals surface area contributed by atoms with E-state index in [1.807, 2.05) is 12.1 Å². The number of ketones is 1. The average Bonchev–Trinajstić information content (AvgIpc) is 3.06. The van der Waals surface area contributed by atoms with Crippen molar-refractivity contribution in [1.82, 2.24) is 4.98 Å². The average molecular weight is 273 g/mol. The fourth-order valence-electron chi connectivity index (χ4n) is 2.86. The molecule has 1 unspecified atom stereocenters. The maximum absolute atomic E-state index is 12.3. The Balaban J connectivity index is 2.01. The smallest absolute Gasteiger partial charge is 0.354 e. The van der Waals surface area contributed by atoms with Crippen LogP contribution in [0.5, 0.6) is 0 Å². The maximum Gasteiger partial charge on any atom is 0.354 e. The van der Waals surface area contributed by atoms with Crippen LogP contribution in [0.3, 0.4) is 0 Å². The molecule has 0 aromatic carbocycles. The highest BCUT2D eigenvalue weighted by molar-refractivity contribution is 6.03. The standard InChI is InChI=1S/C15H15NO4/c1-8-13-10(16-14(8)15(18)19-2)6-9(7-11(13)17)12-4-3-5-20-12/h3-5,9,16H,6-7H2,1-2H3. The monoisotopic (exact) mass is 273 g/mol. The van der Waals surface area contributed by atoms with Crippen LogP contribution in [0.2, 0.25) is 0 Å². The molecule has 0 amide bonds. The molecule has 0 aliphatic heterocycles. The quantitative estimate of drug-likeness (QED) is 0.854. The van der Waals surface area contributed by atoms with E-state index < -0.39 is 5.97 Å². The van der Waals surface area contributed by atoms with E-state index in [0.717, 1.165) is 11.5 Å². The van der Waals surface area contributed by atoms with Gasteiger partial charge < -0.3 is 14.1 Å². The molecule has 0 saturated heterocycles. The second-order valence-corrected chi connectivity index (χ2v) is 5.01. The highest BCUT2D eigenvalue weighted by Crippen LogP contribution is 2.35. The van der Waals surface area contributed by atoms with Crippen molar-refractivity contribution in [3.8, 4) is 0 Å². The number of rotatable bonds is 2. The summed E-state index contributed by atoms with van der Waals surface area (Å²) in [7, 11) is 1.33. The molecule has 1 N–H and O–H groups in total. The van der Waals surface area contributed by atoms with Gasteiger partial charge in [0.2, 0.25) is 0 Å². The highest BCUT2D eigenvalue weighted by Gasteiger charge is 2.33. The number of Topliss-reactive ketones (excluding diaryl/α,β-unsaturated/α-hetero) is 1. The Morgan fingerprint density at radius 2 is 2.25 bits per heavy atom. The van der Waals surface area contributed by atoms with Gasteiger partial charge in [-0.1, -0.05) is 0 Å². The summed E-state index contributed by atoms with van der Waals surface area (Å²) in [6.45, 7) is 1.77. The summed E-state index contributed by atoms with van der Waals surface area (Å²) < 4.78 is 10.1. The summed E-state index contributed by atoms with van der Waals surface area (Å²) in [5, 5.41) is 0. The van der Waals surface area contributed by atoms with Gasteiger partial charge in [0.25, 0.3) is 0 Å². The molecule has 2 aromatic heterocycles. The molecule has 104 valence electrons. The molecule has 5 heteroatoms. The van der Waals surface area contributed by atoms with Crippen LogP contribution >= 0.6 is 0 Å². The van der Waals surface area contributed by atoms with Crippen LogP contribution in [-0.2, 0) is 11.2 Å². The summed E-state index contributed by atoms with van der Waals surface area (Å²) >= 11 is 0. The van der Waals surface area contributed by atoms with Crippen LogP contribution in [0.25, 0.3) is 0 Å². The highest BCUT2D eigenvalue weighted by atomic mass is 16.5. The lowest BCUT2D eigenvalue weighted by Gasteiger charge is -2.19. The SMILES string of the molecule is COC(=O)c1[nH]c2c(c1C)C(=O)CC(c1ccco1)C2. The lowest BCUT2D eigenvalue weighted by molar-refractivity contribution is 0.0593. The third kappa shape index (κ3) is 1.86. The van der Waals surface area contributed by atoms with E-state index in [0.29, 0.717) is 29.7 Å². The van der Waals surface area contributed by atoms with Gasteiger partial charge in [0, 0.05) is 23.6 Å². The summed E-state index contributed by atoms with van der Waals surface area (Å²) in [5.74, 6) is 0.417. The van der Waals surface area contributed by atoms with Crippen molar-refractivity contribution in [3.63, 3.8) is 0 Å². The number of furan rings is 1. The van der Waals surface area contributed by atoms with E-state index in [1.165, 1.54) is 7.11 Å². The molecule has 2 aromatic rings. The number of esters is 1. The van der Waals surface area contributed by atoms with Crippen molar-refractivity contribution in [2.24, 2.45) is 0 Å². The Labute approximate surface area is 115 Å². The fraction of sp³-hybridized carbons (Fsp3) is 0.333. The molecule has 1 aliphatic carbocycles. The Bertz CT molecular complexity index is 666. The van der Waals surface area contributed by atoms with Crippen molar-refractivity contribution < 1.29 is 18.7 Å². The molecular formula is C15H15NO4. The van der Waals surface area contributed by atoms with Crippen LogP contribution < -0.4 is 0 Å². The molecule has 0 bridgehead atoms. The fourth-order valence-corrected chi connectivity index (χ4v) is 2.86. The lowest BCUT2D eigenvalue weighted by atomic mass is 9.84. The maximum atomic E-state index is 12.3. The van der Waals surface area contributed by atoms with Gasteiger partial charge in [0.1, 0.15) is 11.5 Å². The minimum absolute atomic E-state index is 0.0218. The molecule has 20 heavy (non-hydrogen) atoms. The normalized spacial score (nSPS) is 17.9. The molecule has 1 atom stereocenters. The van der Waals surface area contributed by atoms with Crippen LogP contribution in [0, 0.1) is 6.92 Å². The van der Waals surface area contributed by atoms with Crippen molar-refractivity contribution in [3.05, 3.63) is 46.7 Å². The zero-order chi connectivity index (χ0) is 14.3. The van der Waals surface area contributed by atoms with Crippen LogP contribution in [0.1, 0.15) is 50.2 Å². The summed E-state index contributed by atoms with van der Waals surface area (Å²) in [6, 6.07) is 3.69. The molecule has 0 radical (unpaired) electrons. The number of fused-ring (bicyclic) bond motifs is 1. The van der Waals surface area contributed by atoms with Crippen molar-refractivity contribution in [2.75, 3.05) is 7.11 Å². The second kappa shape index (κ2) is 4.67. The largest absolute Gasteiger partial charge is 0.469 e. The van der Waals surface area contributed by atoms with Gasteiger partial charge in [-0.05, 0) is 31.0 Å². The first kappa shape index (κ1) is 12.7. The first-order chi connectivity index (χ1) is 9.61. The van der Waals surface area contributed by atoms with Crippen molar-refractivity contribution in [1.29, 1.82) is 0 Å². The van der Waals surface area contributed by atoms with Crippen molar-refractivity contribution >= 4 is 11.8 Å². The van der Waals surface area contributed by atoms with Crippen LogP contribution in [0.15, 0.2) is 22.8 Å². The van der Waals surface area contributed by atoms with Gasteiger partial charge in [-0.15, -0.1) is 0 Å². The summed E-state index contributed by atoms with van der Waals surface area (Å²) in [6.07, 6.45) is 2.67. The van der Waals surface area contributed by atoms with E-state index in [9.17, 15) is 9.59 Å². The molecule has 3 rings (SSSR count). The number of nitrogens with one attached hydrogen (secondary N) is 1. The van der Waals surface area contributed by atoms with E-state index in [-0.39, 0.29) is 11.7 Å². The predicted octanol–water partition coefficient (Wildman–Crippen LogP) is 2.62. The van der Waals surface area contributed by atoms with E-state index in [4.69, 9.17) is 9.15 Å². The van der Waals surface area contributed by atoms with Gasteiger partial charge >= 0.3 is 5.97 Å². The van der Waals surface area contributed by atoms with Crippen molar-refractivity contribution in [2.45, 2.75) is 25.7 Å². The molecule has 2 heterocycles. The third-order valence-electron chi connectivity index (χ3n) is 3.82. The molecule has 0 saturated carbocycles. The number of aromatic nitrogens is 1.